The number of hydrogen-bond donors (Lipinski definition) is 0. The maximum atomic E-state index is 13.1. The number of anilines is 1. The van der Waals surface area contributed by atoms with E-state index in [1.807, 2.05) is 12.1 Å². The summed E-state index contributed by atoms with van der Waals surface area (Å²) in [6.45, 7) is 7.22. The highest BCUT2D eigenvalue weighted by Gasteiger charge is 2.36. The predicted octanol–water partition coefficient (Wildman–Crippen LogP) is 7.87. The molecule has 198 valence electrons. The molecule has 0 N–H and O–H groups in total. The number of ether oxygens (including phenoxy) is 2. The molecule has 0 aromatic heterocycles. The van der Waals surface area contributed by atoms with Gasteiger partial charge in [0.2, 0.25) is 0 Å². The number of benzene rings is 3. The molecular weight excluding hydrogens is 531 g/mol. The van der Waals surface area contributed by atoms with Crippen LogP contribution in [0.15, 0.2) is 77.7 Å². The average molecular weight is 558 g/mol. The largest absolute Gasteiger partial charge is 0.490 e. The van der Waals surface area contributed by atoms with Crippen LogP contribution in [0, 0.1) is 0 Å². The first-order valence-corrected chi connectivity index (χ1v) is 13.1. The minimum atomic E-state index is -4.51. The topological polar surface area (TPSA) is 38.8 Å². The fourth-order valence-corrected chi connectivity index (χ4v) is 4.99. The van der Waals surface area contributed by atoms with Gasteiger partial charge in [-0.2, -0.15) is 13.2 Å². The quantitative estimate of drug-likeness (QED) is 0.168. The molecule has 0 atom stereocenters. The number of alkyl halides is 3. The summed E-state index contributed by atoms with van der Waals surface area (Å²) in [6.07, 6.45) is -2.86. The molecular formula is C29H26F3NO3S2. The molecule has 1 amide bonds. The molecule has 0 radical (unpaired) electrons. The van der Waals surface area contributed by atoms with Crippen LogP contribution in [0.5, 0.6) is 11.5 Å². The monoisotopic (exact) mass is 557 g/mol. The lowest BCUT2D eigenvalue weighted by Gasteiger charge is -2.19. The van der Waals surface area contributed by atoms with Crippen LogP contribution in [-0.4, -0.2) is 23.4 Å². The molecule has 3 aromatic rings. The van der Waals surface area contributed by atoms with E-state index in [-0.39, 0.29) is 15.4 Å². The van der Waals surface area contributed by atoms with E-state index in [2.05, 4.69) is 32.9 Å². The molecule has 0 saturated carbocycles. The van der Waals surface area contributed by atoms with Crippen molar-refractivity contribution in [1.82, 2.24) is 0 Å². The zero-order chi connectivity index (χ0) is 27.5. The van der Waals surface area contributed by atoms with Gasteiger partial charge in [0.15, 0.2) is 4.32 Å². The molecule has 1 heterocycles. The van der Waals surface area contributed by atoms with E-state index in [4.69, 9.17) is 21.7 Å². The molecule has 9 heteroatoms. The molecule has 3 aromatic carbocycles. The van der Waals surface area contributed by atoms with Gasteiger partial charge in [0.1, 0.15) is 24.7 Å². The summed E-state index contributed by atoms with van der Waals surface area (Å²) in [6, 6.07) is 19.7. The number of amides is 1. The molecule has 0 bridgehead atoms. The number of rotatable bonds is 7. The van der Waals surface area contributed by atoms with E-state index in [1.165, 1.54) is 17.7 Å². The van der Waals surface area contributed by atoms with Gasteiger partial charge in [-0.25, -0.2) is 0 Å². The lowest BCUT2D eigenvalue weighted by atomic mass is 9.87. The van der Waals surface area contributed by atoms with Gasteiger partial charge in [-0.1, -0.05) is 75.1 Å². The lowest BCUT2D eigenvalue weighted by molar-refractivity contribution is -0.137. The Bertz CT molecular complexity index is 1350. The molecule has 1 fully saturated rings. The highest BCUT2D eigenvalue weighted by molar-refractivity contribution is 8.27. The normalized spacial score (nSPS) is 15.3. The van der Waals surface area contributed by atoms with Crippen molar-refractivity contribution in [3.05, 3.63) is 94.4 Å². The number of hydrogen-bond acceptors (Lipinski definition) is 5. The van der Waals surface area contributed by atoms with Gasteiger partial charge in [-0.05, 0) is 65.1 Å². The van der Waals surface area contributed by atoms with Crippen molar-refractivity contribution in [2.24, 2.45) is 0 Å². The second-order valence-electron chi connectivity index (χ2n) is 9.61. The van der Waals surface area contributed by atoms with Crippen molar-refractivity contribution >= 4 is 46.0 Å². The Hall–Kier alpha value is -3.30. The minimum Gasteiger partial charge on any atom is -0.490 e. The zero-order valence-corrected chi connectivity index (χ0v) is 22.7. The van der Waals surface area contributed by atoms with Gasteiger partial charge in [0, 0.05) is 0 Å². The number of thioether (sulfide) groups is 1. The summed E-state index contributed by atoms with van der Waals surface area (Å²) in [4.78, 5) is 14.4. The third-order valence-electron chi connectivity index (χ3n) is 5.74. The first kappa shape index (κ1) is 27.7. The number of carbonyl (C=O) groups is 1. The van der Waals surface area contributed by atoms with Gasteiger partial charge in [0.25, 0.3) is 5.91 Å². The first-order chi connectivity index (χ1) is 17.9. The Kier molecular flexibility index (Phi) is 8.18. The molecule has 0 unspecified atom stereocenters. The summed E-state index contributed by atoms with van der Waals surface area (Å²) >= 11 is 6.33. The maximum absolute atomic E-state index is 13.1. The van der Waals surface area contributed by atoms with E-state index in [1.54, 1.807) is 30.3 Å². The fraction of sp³-hybridized carbons (Fsp3) is 0.241. The van der Waals surface area contributed by atoms with Crippen LogP contribution in [0.25, 0.3) is 6.08 Å². The van der Waals surface area contributed by atoms with Crippen molar-refractivity contribution in [2.45, 2.75) is 32.4 Å². The van der Waals surface area contributed by atoms with Crippen LogP contribution in [0.3, 0.4) is 0 Å². The zero-order valence-electron chi connectivity index (χ0n) is 21.0. The fourth-order valence-electron chi connectivity index (χ4n) is 3.69. The van der Waals surface area contributed by atoms with Crippen molar-refractivity contribution in [1.29, 1.82) is 0 Å². The number of carbonyl (C=O) groups excluding carboxylic acids is 1. The van der Waals surface area contributed by atoms with E-state index in [9.17, 15) is 18.0 Å². The van der Waals surface area contributed by atoms with Crippen LogP contribution in [0.4, 0.5) is 18.9 Å². The Balaban J connectivity index is 1.33. The molecule has 0 spiro atoms. The summed E-state index contributed by atoms with van der Waals surface area (Å²) < 4.78 is 51.0. The van der Waals surface area contributed by atoms with Crippen LogP contribution in [-0.2, 0) is 16.4 Å². The van der Waals surface area contributed by atoms with Gasteiger partial charge < -0.3 is 9.47 Å². The smallest absolute Gasteiger partial charge is 0.416 e. The maximum Gasteiger partial charge on any atom is 0.416 e. The first-order valence-electron chi connectivity index (χ1n) is 11.8. The van der Waals surface area contributed by atoms with Crippen molar-refractivity contribution in [2.75, 3.05) is 18.1 Å². The molecule has 1 saturated heterocycles. The second kappa shape index (κ2) is 11.2. The highest BCUT2D eigenvalue weighted by Crippen LogP contribution is 2.38. The van der Waals surface area contributed by atoms with Crippen LogP contribution in [0.2, 0.25) is 0 Å². The van der Waals surface area contributed by atoms with E-state index in [0.717, 1.165) is 40.1 Å². The van der Waals surface area contributed by atoms with Gasteiger partial charge in [-0.3, -0.25) is 9.69 Å². The lowest BCUT2D eigenvalue weighted by Crippen LogP contribution is -2.27. The average Bonchev–Trinajstić information content (AvgIpc) is 3.14. The third kappa shape index (κ3) is 6.76. The number of nitrogens with zero attached hydrogens (tertiary/aromatic N) is 1. The van der Waals surface area contributed by atoms with Crippen LogP contribution < -0.4 is 14.4 Å². The SMILES string of the molecule is CC(C)(C)c1ccc(OCCOc2ccc(/C=C3/SC(=S)N(c4cccc(C(F)(F)F)c4)C3=O)cc2)cc1. The third-order valence-corrected chi connectivity index (χ3v) is 7.05. The Morgan fingerprint density at radius 2 is 1.45 bits per heavy atom. The van der Waals surface area contributed by atoms with Crippen molar-refractivity contribution in [3.63, 3.8) is 0 Å². The number of halogens is 3. The van der Waals surface area contributed by atoms with Crippen LogP contribution in [0.1, 0.15) is 37.5 Å². The second-order valence-corrected chi connectivity index (χ2v) is 11.3. The molecule has 38 heavy (non-hydrogen) atoms. The molecule has 1 aliphatic heterocycles. The van der Waals surface area contributed by atoms with Gasteiger partial charge in [0.05, 0.1) is 16.2 Å². The van der Waals surface area contributed by atoms with Gasteiger partial charge in [-0.15, -0.1) is 0 Å². The summed E-state index contributed by atoms with van der Waals surface area (Å²) in [5, 5.41) is 0. The van der Waals surface area contributed by atoms with Crippen molar-refractivity contribution < 1.29 is 27.4 Å². The van der Waals surface area contributed by atoms with Gasteiger partial charge >= 0.3 is 6.18 Å². The number of thiocarbonyl (C=S) groups is 1. The Morgan fingerprint density at radius 1 is 0.868 bits per heavy atom. The minimum absolute atomic E-state index is 0.0846. The molecule has 1 aliphatic rings. The van der Waals surface area contributed by atoms with Crippen LogP contribution >= 0.6 is 24.0 Å². The summed E-state index contributed by atoms with van der Waals surface area (Å²) in [5.74, 6) is 0.956. The predicted molar refractivity (Wildman–Crippen MR) is 150 cm³/mol. The molecule has 0 aliphatic carbocycles. The standard InChI is InChI=1S/C29H26F3NO3S2/c1-28(2,3)20-9-13-24(14-10-20)36-16-15-35-23-11-7-19(8-12-23)17-25-26(34)33(27(37)38-25)22-6-4-5-21(18-22)29(30,31)32/h4-14,17-18H,15-16H2,1-3H3/b25-17+. The Morgan fingerprint density at radius 3 is 2.00 bits per heavy atom. The summed E-state index contributed by atoms with van der Waals surface area (Å²) in [5.41, 5.74) is 1.30. The van der Waals surface area contributed by atoms with Crippen molar-refractivity contribution in [3.8, 4) is 11.5 Å². The Labute approximate surface area is 229 Å². The molecule has 4 nitrogen and oxygen atoms in total. The molecule has 4 rings (SSSR count). The van der Waals surface area contributed by atoms with E-state index >= 15 is 0 Å². The highest BCUT2D eigenvalue weighted by atomic mass is 32.2. The van der Waals surface area contributed by atoms with E-state index < -0.39 is 17.6 Å². The van der Waals surface area contributed by atoms with E-state index in [0.29, 0.717) is 23.9 Å². The summed E-state index contributed by atoms with van der Waals surface area (Å²) in [7, 11) is 0.